The molecule has 0 saturated carbocycles. The number of hydrogen-bond donors (Lipinski definition) is 1. The van der Waals surface area contributed by atoms with Gasteiger partial charge in [-0.2, -0.15) is 0 Å². The predicted molar refractivity (Wildman–Crippen MR) is 186 cm³/mol. The Morgan fingerprint density at radius 2 is 1.79 bits per heavy atom. The lowest BCUT2D eigenvalue weighted by atomic mass is 9.95. The van der Waals surface area contributed by atoms with Crippen LogP contribution in [0.1, 0.15) is 49.9 Å². The van der Waals surface area contributed by atoms with Gasteiger partial charge in [0.15, 0.2) is 15.8 Å². The first-order valence-electron chi connectivity index (χ1n) is 14.9. The molecule has 0 aliphatic carbocycles. The van der Waals surface area contributed by atoms with Crippen molar-refractivity contribution in [1.82, 2.24) is 10.2 Å². The quantitative estimate of drug-likeness (QED) is 0.0479. The van der Waals surface area contributed by atoms with Crippen molar-refractivity contribution in [3.05, 3.63) is 93.0 Å². The van der Waals surface area contributed by atoms with Crippen molar-refractivity contribution in [3.8, 4) is 17.2 Å². The highest BCUT2D eigenvalue weighted by molar-refractivity contribution is 8.00. The number of benzene rings is 3. The van der Waals surface area contributed by atoms with Crippen LogP contribution in [0.15, 0.2) is 70.6 Å². The van der Waals surface area contributed by atoms with Gasteiger partial charge >= 0.3 is 5.91 Å². The minimum atomic E-state index is -1.03. The molecule has 1 aliphatic rings. The summed E-state index contributed by atoms with van der Waals surface area (Å²) >= 11 is 14.9. The van der Waals surface area contributed by atoms with Gasteiger partial charge in [-0.15, -0.1) is 10.2 Å². The smallest absolute Gasteiger partial charge is 0.301 e. The standard InChI is InChI=1S/C34H33Cl2N3O6S2/c1-5-44-24-11-7-20(8-12-24)30(40)28-29(21-9-13-26(27(16-21)43-4)45-15-14-19(2)3)39(32(42)31(28)41)33-37-38-34(47-33)46-18-22-6-10-23(35)17-25(22)36/h6-13,16-17,19,29,40H,5,14-15,18H2,1-4H3/b30-28-. The van der Waals surface area contributed by atoms with Crippen LogP contribution >= 0.6 is 46.3 Å². The minimum Gasteiger partial charge on any atom is -0.507 e. The van der Waals surface area contributed by atoms with E-state index < -0.39 is 17.7 Å². The molecular formula is C34H33Cl2N3O6S2. The molecule has 13 heteroatoms. The Morgan fingerprint density at radius 1 is 1.02 bits per heavy atom. The maximum Gasteiger partial charge on any atom is 0.301 e. The summed E-state index contributed by atoms with van der Waals surface area (Å²) in [7, 11) is 1.52. The molecule has 1 amide bonds. The number of ether oxygens (including phenoxy) is 3. The van der Waals surface area contributed by atoms with Gasteiger partial charge in [-0.3, -0.25) is 14.5 Å². The first-order valence-corrected chi connectivity index (χ1v) is 17.4. The number of carbonyl (C=O) groups is 2. The van der Waals surface area contributed by atoms with E-state index >= 15 is 0 Å². The Balaban J connectivity index is 1.54. The number of amides is 1. The molecule has 246 valence electrons. The molecule has 1 fully saturated rings. The van der Waals surface area contributed by atoms with Crippen LogP contribution in [0, 0.1) is 5.92 Å². The van der Waals surface area contributed by atoms with E-state index in [0.717, 1.165) is 23.3 Å². The highest BCUT2D eigenvalue weighted by Crippen LogP contribution is 2.46. The molecule has 9 nitrogen and oxygen atoms in total. The zero-order valence-corrected chi connectivity index (χ0v) is 29.3. The van der Waals surface area contributed by atoms with Gasteiger partial charge in [-0.25, -0.2) is 0 Å². The molecule has 1 aliphatic heterocycles. The number of carbonyl (C=O) groups excluding carboxylic acids is 2. The lowest BCUT2D eigenvalue weighted by Gasteiger charge is -2.23. The Hall–Kier alpha value is -3.77. The van der Waals surface area contributed by atoms with Crippen molar-refractivity contribution in [2.75, 3.05) is 25.2 Å². The van der Waals surface area contributed by atoms with E-state index in [1.54, 1.807) is 54.6 Å². The zero-order chi connectivity index (χ0) is 33.7. The molecule has 47 heavy (non-hydrogen) atoms. The molecule has 1 aromatic heterocycles. The van der Waals surface area contributed by atoms with Crippen molar-refractivity contribution in [3.63, 3.8) is 0 Å². The number of anilines is 1. The summed E-state index contributed by atoms with van der Waals surface area (Å²) in [6.45, 7) is 7.07. The number of thioether (sulfide) groups is 1. The Bertz CT molecular complexity index is 1790. The predicted octanol–water partition coefficient (Wildman–Crippen LogP) is 8.60. The fourth-order valence-corrected chi connectivity index (χ4v) is 7.32. The number of methoxy groups -OCH3 is 1. The fourth-order valence-electron chi connectivity index (χ4n) is 4.89. The summed E-state index contributed by atoms with van der Waals surface area (Å²) in [4.78, 5) is 28.7. The number of aliphatic hydroxyl groups excluding tert-OH is 1. The minimum absolute atomic E-state index is 0.0907. The molecule has 5 rings (SSSR count). The summed E-state index contributed by atoms with van der Waals surface area (Å²) < 4.78 is 17.7. The maximum absolute atomic E-state index is 13.7. The van der Waals surface area contributed by atoms with Crippen molar-refractivity contribution >= 4 is 68.9 Å². The van der Waals surface area contributed by atoms with E-state index in [1.807, 2.05) is 13.0 Å². The summed E-state index contributed by atoms with van der Waals surface area (Å²) in [5.74, 6) is 0.481. The third-order valence-corrected chi connectivity index (χ3v) is 10.00. The molecule has 1 atom stereocenters. The van der Waals surface area contributed by atoms with Crippen LogP contribution in [0.3, 0.4) is 0 Å². The Morgan fingerprint density at radius 3 is 2.47 bits per heavy atom. The van der Waals surface area contributed by atoms with Crippen LogP contribution in [0.5, 0.6) is 17.2 Å². The highest BCUT2D eigenvalue weighted by atomic mass is 35.5. The van der Waals surface area contributed by atoms with Crippen LogP contribution < -0.4 is 19.1 Å². The number of aromatic nitrogens is 2. The van der Waals surface area contributed by atoms with Gasteiger partial charge in [-0.1, -0.05) is 72.3 Å². The SMILES string of the molecule is CCOc1ccc(/C(O)=C2/C(=O)C(=O)N(c3nnc(SCc4ccc(Cl)cc4Cl)s3)C2c2ccc(OCCC(C)C)c(OC)c2)cc1. The van der Waals surface area contributed by atoms with Gasteiger partial charge in [0, 0.05) is 21.4 Å². The van der Waals surface area contributed by atoms with Gasteiger partial charge in [0.05, 0.1) is 31.9 Å². The van der Waals surface area contributed by atoms with E-state index in [1.165, 1.54) is 23.8 Å². The molecule has 1 unspecified atom stereocenters. The van der Waals surface area contributed by atoms with Gasteiger partial charge in [0.25, 0.3) is 5.78 Å². The van der Waals surface area contributed by atoms with Gasteiger partial charge in [0.2, 0.25) is 5.13 Å². The van der Waals surface area contributed by atoms with Gasteiger partial charge < -0.3 is 19.3 Å². The average Bonchev–Trinajstić information content (AvgIpc) is 3.62. The van der Waals surface area contributed by atoms with E-state index in [4.69, 9.17) is 37.4 Å². The largest absolute Gasteiger partial charge is 0.507 e. The third kappa shape index (κ3) is 7.86. The first kappa shape index (κ1) is 34.6. The van der Waals surface area contributed by atoms with Crippen LogP contribution in [-0.4, -0.2) is 47.3 Å². The monoisotopic (exact) mass is 713 g/mol. The number of hydrogen-bond acceptors (Lipinski definition) is 10. The number of nitrogens with zero attached hydrogens (tertiary/aromatic N) is 3. The fraction of sp³-hybridized carbons (Fsp3) is 0.294. The normalized spacial score (nSPS) is 15.8. The second kappa shape index (κ2) is 15.4. The van der Waals surface area contributed by atoms with Gasteiger partial charge in [0.1, 0.15) is 11.5 Å². The number of ketones is 1. The van der Waals surface area contributed by atoms with Crippen LogP contribution in [-0.2, 0) is 15.3 Å². The highest BCUT2D eigenvalue weighted by Gasteiger charge is 2.48. The average molecular weight is 715 g/mol. The molecule has 1 N–H and O–H groups in total. The number of Topliss-reactive ketones (excluding diaryl/α,β-unsaturated/α-hetero) is 1. The van der Waals surface area contributed by atoms with E-state index in [2.05, 4.69) is 24.0 Å². The Labute approximate surface area is 291 Å². The molecule has 0 bridgehead atoms. The summed E-state index contributed by atoms with van der Waals surface area (Å²) in [5.41, 5.74) is 1.64. The topological polar surface area (TPSA) is 111 Å². The second-order valence-electron chi connectivity index (χ2n) is 10.9. The van der Waals surface area contributed by atoms with E-state index in [0.29, 0.717) is 67.6 Å². The number of halogens is 2. The zero-order valence-electron chi connectivity index (χ0n) is 26.2. The molecule has 4 aromatic rings. The molecule has 2 heterocycles. The van der Waals surface area contributed by atoms with Gasteiger partial charge in [-0.05, 0) is 78.9 Å². The Kier molecular flexibility index (Phi) is 11.3. The maximum atomic E-state index is 13.7. The molecule has 3 aromatic carbocycles. The molecule has 1 saturated heterocycles. The molecule has 0 spiro atoms. The summed E-state index contributed by atoms with van der Waals surface area (Å²) in [6.07, 6.45) is 0.856. The van der Waals surface area contributed by atoms with Crippen LogP contribution in [0.2, 0.25) is 10.0 Å². The molecular weight excluding hydrogens is 681 g/mol. The lowest BCUT2D eigenvalue weighted by Crippen LogP contribution is -2.29. The van der Waals surface area contributed by atoms with E-state index in [-0.39, 0.29) is 16.5 Å². The summed E-state index contributed by atoms with van der Waals surface area (Å²) in [6, 6.07) is 16.1. The van der Waals surface area contributed by atoms with Crippen LogP contribution in [0.4, 0.5) is 5.13 Å². The summed E-state index contributed by atoms with van der Waals surface area (Å²) in [5, 5.41) is 21.4. The lowest BCUT2D eigenvalue weighted by molar-refractivity contribution is -0.132. The van der Waals surface area contributed by atoms with Crippen molar-refractivity contribution in [2.24, 2.45) is 5.92 Å². The van der Waals surface area contributed by atoms with Crippen molar-refractivity contribution in [2.45, 2.75) is 43.3 Å². The van der Waals surface area contributed by atoms with Crippen molar-refractivity contribution < 1.29 is 28.9 Å². The second-order valence-corrected chi connectivity index (χ2v) is 14.0. The first-order chi connectivity index (χ1) is 22.6. The number of rotatable bonds is 13. The van der Waals surface area contributed by atoms with Crippen molar-refractivity contribution in [1.29, 1.82) is 0 Å². The third-order valence-electron chi connectivity index (χ3n) is 7.31. The number of aliphatic hydroxyl groups is 1. The molecule has 0 radical (unpaired) electrons. The van der Waals surface area contributed by atoms with Crippen LogP contribution in [0.25, 0.3) is 5.76 Å². The van der Waals surface area contributed by atoms with E-state index in [9.17, 15) is 14.7 Å².